The number of hydrogen-bond donors (Lipinski definition) is 1. The summed E-state index contributed by atoms with van der Waals surface area (Å²) in [4.78, 5) is 6.67. The van der Waals surface area contributed by atoms with Crippen molar-refractivity contribution in [3.05, 3.63) is 30.1 Å². The first kappa shape index (κ1) is 11.6. The van der Waals surface area contributed by atoms with Crippen molar-refractivity contribution < 1.29 is 5.11 Å². The zero-order valence-corrected chi connectivity index (χ0v) is 9.68. The maximum absolute atomic E-state index is 8.79. The molecule has 1 aliphatic carbocycles. The van der Waals surface area contributed by atoms with Crippen LogP contribution in [0.4, 0.5) is 0 Å². The van der Waals surface area contributed by atoms with Gasteiger partial charge in [0.25, 0.3) is 0 Å². The Kier molecular flexibility index (Phi) is 4.31. The number of pyridine rings is 1. The minimum Gasteiger partial charge on any atom is -0.396 e. The highest BCUT2D eigenvalue weighted by Crippen LogP contribution is 2.28. The minimum absolute atomic E-state index is 0.311. The van der Waals surface area contributed by atoms with E-state index in [4.69, 9.17) is 5.11 Å². The summed E-state index contributed by atoms with van der Waals surface area (Å²) in [6.45, 7) is 2.41. The maximum Gasteiger partial charge on any atom is 0.0431 e. The van der Waals surface area contributed by atoms with Crippen molar-refractivity contribution in [1.82, 2.24) is 9.88 Å². The van der Waals surface area contributed by atoms with Gasteiger partial charge in [-0.25, -0.2) is 0 Å². The Labute approximate surface area is 97.1 Å². The van der Waals surface area contributed by atoms with Gasteiger partial charge in [0.2, 0.25) is 0 Å². The zero-order valence-electron chi connectivity index (χ0n) is 9.68. The van der Waals surface area contributed by atoms with E-state index >= 15 is 0 Å². The monoisotopic (exact) mass is 220 g/mol. The van der Waals surface area contributed by atoms with Crippen molar-refractivity contribution >= 4 is 0 Å². The van der Waals surface area contributed by atoms with Gasteiger partial charge in [-0.05, 0) is 43.9 Å². The van der Waals surface area contributed by atoms with Gasteiger partial charge in [-0.2, -0.15) is 0 Å². The summed E-state index contributed by atoms with van der Waals surface area (Å²) in [6, 6.07) is 4.90. The van der Waals surface area contributed by atoms with E-state index in [1.165, 1.54) is 18.4 Å². The molecule has 1 aromatic heterocycles. The molecule has 1 aromatic rings. The number of hydrogen-bond acceptors (Lipinski definition) is 3. The summed E-state index contributed by atoms with van der Waals surface area (Å²) >= 11 is 0. The minimum atomic E-state index is 0.311. The fourth-order valence-electron chi connectivity index (χ4n) is 1.98. The van der Waals surface area contributed by atoms with E-state index in [0.717, 1.165) is 32.0 Å². The standard InChI is InChI=1S/C13H20N2O/c16-9-2-1-8-15(13-5-6-13)11-12-4-3-7-14-10-12/h3-4,7,10,13,16H,1-2,5-6,8-9,11H2. The normalized spacial score (nSPS) is 15.6. The second kappa shape index (κ2) is 5.97. The lowest BCUT2D eigenvalue weighted by Gasteiger charge is -2.21. The van der Waals surface area contributed by atoms with Crippen molar-refractivity contribution in [3.63, 3.8) is 0 Å². The van der Waals surface area contributed by atoms with Crippen LogP contribution < -0.4 is 0 Å². The molecular weight excluding hydrogens is 200 g/mol. The molecule has 0 saturated heterocycles. The second-order valence-electron chi connectivity index (χ2n) is 4.49. The average Bonchev–Trinajstić information content (AvgIpc) is 3.13. The fraction of sp³-hybridized carbons (Fsp3) is 0.615. The van der Waals surface area contributed by atoms with E-state index < -0.39 is 0 Å². The summed E-state index contributed by atoms with van der Waals surface area (Å²) in [5.74, 6) is 0. The molecule has 0 radical (unpaired) electrons. The topological polar surface area (TPSA) is 36.4 Å². The summed E-state index contributed by atoms with van der Waals surface area (Å²) in [7, 11) is 0. The van der Waals surface area contributed by atoms with Crippen LogP contribution in [0.5, 0.6) is 0 Å². The van der Waals surface area contributed by atoms with Gasteiger partial charge in [0, 0.05) is 31.6 Å². The first-order chi connectivity index (χ1) is 7.90. The van der Waals surface area contributed by atoms with Crippen LogP contribution in [-0.4, -0.2) is 34.2 Å². The third kappa shape index (κ3) is 3.58. The van der Waals surface area contributed by atoms with Crippen LogP contribution in [-0.2, 0) is 6.54 Å². The molecule has 1 heterocycles. The Bertz CT molecular complexity index is 298. The Morgan fingerprint density at radius 2 is 2.25 bits per heavy atom. The summed E-state index contributed by atoms with van der Waals surface area (Å²) in [6.07, 6.45) is 8.43. The van der Waals surface area contributed by atoms with E-state index in [-0.39, 0.29) is 0 Å². The lowest BCUT2D eigenvalue weighted by Crippen LogP contribution is -2.26. The highest BCUT2D eigenvalue weighted by molar-refractivity contribution is 5.09. The van der Waals surface area contributed by atoms with Gasteiger partial charge in [-0.3, -0.25) is 9.88 Å². The van der Waals surface area contributed by atoms with Crippen LogP contribution in [0.2, 0.25) is 0 Å². The number of nitrogens with zero attached hydrogens (tertiary/aromatic N) is 2. The number of aromatic nitrogens is 1. The van der Waals surface area contributed by atoms with Gasteiger partial charge >= 0.3 is 0 Å². The molecule has 1 saturated carbocycles. The molecule has 0 aliphatic heterocycles. The fourth-order valence-corrected chi connectivity index (χ4v) is 1.98. The third-order valence-corrected chi connectivity index (χ3v) is 3.03. The molecular formula is C13H20N2O. The van der Waals surface area contributed by atoms with Crippen LogP contribution in [0.15, 0.2) is 24.5 Å². The van der Waals surface area contributed by atoms with Crippen molar-refractivity contribution in [3.8, 4) is 0 Å². The SMILES string of the molecule is OCCCCN(Cc1cccnc1)C1CC1. The lowest BCUT2D eigenvalue weighted by atomic mass is 10.2. The number of unbranched alkanes of at least 4 members (excludes halogenated alkanes) is 1. The van der Waals surface area contributed by atoms with Crippen LogP contribution in [0.25, 0.3) is 0 Å². The molecule has 3 nitrogen and oxygen atoms in total. The molecule has 1 fully saturated rings. The molecule has 3 heteroatoms. The predicted octanol–water partition coefficient (Wildman–Crippen LogP) is 1.82. The highest BCUT2D eigenvalue weighted by atomic mass is 16.2. The van der Waals surface area contributed by atoms with Gasteiger partial charge in [-0.1, -0.05) is 6.07 Å². The molecule has 0 bridgehead atoms. The molecule has 0 spiro atoms. The molecule has 0 atom stereocenters. The molecule has 1 N–H and O–H groups in total. The van der Waals surface area contributed by atoms with Crippen molar-refractivity contribution in [2.45, 2.75) is 38.3 Å². The van der Waals surface area contributed by atoms with Gasteiger partial charge < -0.3 is 5.11 Å². The third-order valence-electron chi connectivity index (χ3n) is 3.03. The van der Waals surface area contributed by atoms with Crippen molar-refractivity contribution in [2.75, 3.05) is 13.2 Å². The molecule has 0 amide bonds. The van der Waals surface area contributed by atoms with Gasteiger partial charge in [-0.15, -0.1) is 0 Å². The van der Waals surface area contributed by atoms with E-state index in [1.807, 2.05) is 18.5 Å². The molecule has 0 unspecified atom stereocenters. The number of aliphatic hydroxyl groups is 1. The van der Waals surface area contributed by atoms with Crippen LogP contribution in [0, 0.1) is 0 Å². The maximum atomic E-state index is 8.79. The Morgan fingerprint density at radius 1 is 1.38 bits per heavy atom. The smallest absolute Gasteiger partial charge is 0.0431 e. The quantitative estimate of drug-likeness (QED) is 0.712. The lowest BCUT2D eigenvalue weighted by molar-refractivity contribution is 0.228. The molecule has 88 valence electrons. The Hall–Kier alpha value is -0.930. The van der Waals surface area contributed by atoms with Gasteiger partial charge in [0.05, 0.1) is 0 Å². The average molecular weight is 220 g/mol. The Balaban J connectivity index is 1.83. The van der Waals surface area contributed by atoms with Crippen molar-refractivity contribution in [2.24, 2.45) is 0 Å². The second-order valence-corrected chi connectivity index (χ2v) is 4.49. The summed E-state index contributed by atoms with van der Waals surface area (Å²) < 4.78 is 0. The van der Waals surface area contributed by atoms with Crippen molar-refractivity contribution in [1.29, 1.82) is 0 Å². The van der Waals surface area contributed by atoms with Crippen LogP contribution in [0.3, 0.4) is 0 Å². The number of aliphatic hydroxyl groups excluding tert-OH is 1. The first-order valence-corrected chi connectivity index (χ1v) is 6.14. The zero-order chi connectivity index (χ0) is 11.2. The summed E-state index contributed by atoms with van der Waals surface area (Å²) in [5, 5.41) is 8.79. The molecule has 1 aliphatic rings. The summed E-state index contributed by atoms with van der Waals surface area (Å²) in [5.41, 5.74) is 1.29. The highest BCUT2D eigenvalue weighted by Gasteiger charge is 2.28. The first-order valence-electron chi connectivity index (χ1n) is 6.14. The van der Waals surface area contributed by atoms with E-state index in [9.17, 15) is 0 Å². The predicted molar refractivity (Wildman–Crippen MR) is 64.0 cm³/mol. The Morgan fingerprint density at radius 3 is 2.88 bits per heavy atom. The molecule has 16 heavy (non-hydrogen) atoms. The van der Waals surface area contributed by atoms with E-state index in [1.54, 1.807) is 0 Å². The van der Waals surface area contributed by atoms with Crippen LogP contribution >= 0.6 is 0 Å². The van der Waals surface area contributed by atoms with Gasteiger partial charge in [0.1, 0.15) is 0 Å². The van der Waals surface area contributed by atoms with E-state index in [2.05, 4.69) is 16.0 Å². The molecule has 2 rings (SSSR count). The van der Waals surface area contributed by atoms with Gasteiger partial charge in [0.15, 0.2) is 0 Å². The van der Waals surface area contributed by atoms with E-state index in [0.29, 0.717) is 6.61 Å². The molecule has 0 aromatic carbocycles. The number of rotatable bonds is 7. The van der Waals surface area contributed by atoms with Crippen LogP contribution in [0.1, 0.15) is 31.2 Å². The largest absolute Gasteiger partial charge is 0.396 e.